The molecule has 0 saturated heterocycles. The number of benzene rings is 2. The topological polar surface area (TPSA) is 0 Å². The van der Waals surface area contributed by atoms with Gasteiger partial charge in [0.1, 0.15) is 0 Å². The maximum atomic E-state index is 2.38. The first-order valence-corrected chi connectivity index (χ1v) is 7.92. The van der Waals surface area contributed by atoms with Crippen LogP contribution in [0.25, 0.3) is 0 Å². The van der Waals surface area contributed by atoms with Crippen molar-refractivity contribution in [2.75, 3.05) is 0 Å². The van der Waals surface area contributed by atoms with E-state index in [1.165, 1.54) is 49.7 Å². The molecule has 0 amide bonds. The number of rotatable bonds is 8. The third kappa shape index (κ3) is 7.34. The molecule has 0 aliphatic carbocycles. The molecule has 1 heteroatoms. The predicted octanol–water partition coefficient (Wildman–Crippen LogP) is 6.09. The summed E-state index contributed by atoms with van der Waals surface area (Å²) in [5.74, 6) is 0.800. The maximum absolute atomic E-state index is 2.38. The second-order valence-corrected chi connectivity index (χ2v) is 5.88. The largest absolute Gasteiger partial charge is 0.147 e. The summed E-state index contributed by atoms with van der Waals surface area (Å²) in [4.78, 5) is 0. The molecule has 0 nitrogen and oxygen atoms in total. The van der Waals surface area contributed by atoms with Gasteiger partial charge >= 0.3 is 0 Å². The molecule has 0 fully saturated rings. The summed E-state index contributed by atoms with van der Waals surface area (Å²) in [7, 11) is 0. The average Bonchev–Trinajstić information content (AvgIpc) is 2.49. The fraction of sp³-hybridized carbons (Fsp3) is 0.400. The Balaban J connectivity index is 0.00000220. The Bertz CT molecular complexity index is 464. The summed E-state index contributed by atoms with van der Waals surface area (Å²) >= 11 is 0. The van der Waals surface area contributed by atoms with Gasteiger partial charge in [-0.25, -0.2) is 0 Å². The Morgan fingerprint density at radius 1 is 0.714 bits per heavy atom. The van der Waals surface area contributed by atoms with Crippen LogP contribution in [0.4, 0.5) is 0 Å². The van der Waals surface area contributed by atoms with E-state index >= 15 is 0 Å². The third-order valence-electron chi connectivity index (χ3n) is 3.93. The highest BCUT2D eigenvalue weighted by Gasteiger charge is 2.03. The molecule has 1 unspecified atom stereocenters. The Labute approximate surface area is 136 Å². The van der Waals surface area contributed by atoms with Crippen LogP contribution >= 0.6 is 12.4 Å². The zero-order valence-corrected chi connectivity index (χ0v) is 13.8. The molecule has 0 radical (unpaired) electrons. The quantitative estimate of drug-likeness (QED) is 0.518. The van der Waals surface area contributed by atoms with E-state index < -0.39 is 0 Å². The smallest absolute Gasteiger partial charge is 0.0253 e. The first kappa shape index (κ1) is 17.8. The van der Waals surface area contributed by atoms with Gasteiger partial charge in [-0.2, -0.15) is 0 Å². The molecule has 0 aromatic heterocycles. The summed E-state index contributed by atoms with van der Waals surface area (Å²) in [6.07, 6.45) is 7.84. The Morgan fingerprint density at radius 3 is 1.90 bits per heavy atom. The monoisotopic (exact) mass is 302 g/mol. The van der Waals surface area contributed by atoms with Gasteiger partial charge in [-0.05, 0) is 36.3 Å². The molecular formula is C20H27Cl. The molecular weight excluding hydrogens is 276 g/mol. The minimum Gasteiger partial charge on any atom is -0.147 e. The molecule has 114 valence electrons. The Kier molecular flexibility index (Phi) is 8.85. The summed E-state index contributed by atoms with van der Waals surface area (Å²) in [6.45, 7) is 2.38. The maximum Gasteiger partial charge on any atom is -0.0253 e. The van der Waals surface area contributed by atoms with Crippen LogP contribution in [0.15, 0.2) is 60.7 Å². The molecule has 2 aromatic carbocycles. The van der Waals surface area contributed by atoms with Crippen molar-refractivity contribution in [2.45, 2.75) is 45.4 Å². The zero-order valence-electron chi connectivity index (χ0n) is 13.0. The fourth-order valence-corrected chi connectivity index (χ4v) is 2.76. The summed E-state index contributed by atoms with van der Waals surface area (Å²) < 4.78 is 0. The molecule has 0 aliphatic rings. The molecule has 0 heterocycles. The number of unbranched alkanes of at least 4 members (excludes halogenated alkanes) is 2. The number of aryl methyl sites for hydroxylation is 1. The Morgan fingerprint density at radius 2 is 1.29 bits per heavy atom. The second kappa shape index (κ2) is 10.5. The van der Waals surface area contributed by atoms with Gasteiger partial charge in [0.15, 0.2) is 0 Å². The standard InChI is InChI=1S/C20H26.ClH/c1-18(17-20-15-9-4-10-16-20)11-5-2-6-12-19-13-7-3-8-14-19;/h3-4,7-10,13-16,18H,2,5-6,11-12,17H2,1H3;1H. The van der Waals surface area contributed by atoms with Crippen LogP contribution in [0.5, 0.6) is 0 Å². The van der Waals surface area contributed by atoms with Crippen molar-refractivity contribution in [3.8, 4) is 0 Å². The molecule has 0 spiro atoms. The van der Waals surface area contributed by atoms with Crippen LogP contribution in [-0.4, -0.2) is 0 Å². The third-order valence-corrected chi connectivity index (χ3v) is 3.93. The predicted molar refractivity (Wildman–Crippen MR) is 95.2 cm³/mol. The lowest BCUT2D eigenvalue weighted by molar-refractivity contribution is 0.488. The summed E-state index contributed by atoms with van der Waals surface area (Å²) in [5, 5.41) is 0. The SMILES string of the molecule is CC(CCCCCc1ccccc1)Cc1ccccc1.Cl. The highest BCUT2D eigenvalue weighted by Crippen LogP contribution is 2.16. The molecule has 2 rings (SSSR count). The van der Waals surface area contributed by atoms with Crippen molar-refractivity contribution < 1.29 is 0 Å². The van der Waals surface area contributed by atoms with Gasteiger partial charge in [0.05, 0.1) is 0 Å². The molecule has 0 N–H and O–H groups in total. The first-order chi connectivity index (χ1) is 9.84. The van der Waals surface area contributed by atoms with Gasteiger partial charge in [-0.1, -0.05) is 86.8 Å². The van der Waals surface area contributed by atoms with E-state index in [1.807, 2.05) is 0 Å². The van der Waals surface area contributed by atoms with Crippen molar-refractivity contribution in [3.63, 3.8) is 0 Å². The fourth-order valence-electron chi connectivity index (χ4n) is 2.76. The molecule has 0 aliphatic heterocycles. The van der Waals surface area contributed by atoms with Gasteiger partial charge in [0.2, 0.25) is 0 Å². The van der Waals surface area contributed by atoms with Crippen molar-refractivity contribution >= 4 is 12.4 Å². The molecule has 0 bridgehead atoms. The van der Waals surface area contributed by atoms with Gasteiger partial charge in [-0.15, -0.1) is 12.4 Å². The number of halogens is 1. The average molecular weight is 303 g/mol. The lowest BCUT2D eigenvalue weighted by Gasteiger charge is -2.11. The summed E-state index contributed by atoms with van der Waals surface area (Å²) in [5.41, 5.74) is 2.95. The highest BCUT2D eigenvalue weighted by atomic mass is 35.5. The minimum absolute atomic E-state index is 0. The molecule has 2 aromatic rings. The lowest BCUT2D eigenvalue weighted by atomic mass is 9.95. The van der Waals surface area contributed by atoms with Gasteiger partial charge in [0, 0.05) is 0 Å². The van der Waals surface area contributed by atoms with Crippen LogP contribution in [0, 0.1) is 5.92 Å². The molecule has 1 atom stereocenters. The highest BCUT2D eigenvalue weighted by molar-refractivity contribution is 5.85. The zero-order chi connectivity index (χ0) is 14.0. The molecule has 21 heavy (non-hydrogen) atoms. The normalized spacial score (nSPS) is 11.7. The Hall–Kier alpha value is -1.27. The van der Waals surface area contributed by atoms with Crippen molar-refractivity contribution in [1.82, 2.24) is 0 Å². The van der Waals surface area contributed by atoms with Crippen molar-refractivity contribution in [2.24, 2.45) is 5.92 Å². The van der Waals surface area contributed by atoms with Gasteiger partial charge in [-0.3, -0.25) is 0 Å². The van der Waals surface area contributed by atoms with Crippen LogP contribution in [0.1, 0.15) is 43.7 Å². The van der Waals surface area contributed by atoms with E-state index in [4.69, 9.17) is 0 Å². The van der Waals surface area contributed by atoms with E-state index in [2.05, 4.69) is 67.6 Å². The van der Waals surface area contributed by atoms with Gasteiger partial charge < -0.3 is 0 Å². The van der Waals surface area contributed by atoms with Crippen molar-refractivity contribution in [3.05, 3.63) is 71.8 Å². The first-order valence-electron chi connectivity index (χ1n) is 7.92. The van der Waals surface area contributed by atoms with E-state index in [-0.39, 0.29) is 12.4 Å². The van der Waals surface area contributed by atoms with E-state index in [9.17, 15) is 0 Å². The number of hydrogen-bond donors (Lipinski definition) is 0. The lowest BCUT2D eigenvalue weighted by Crippen LogP contribution is -1.99. The van der Waals surface area contributed by atoms with Gasteiger partial charge in [0.25, 0.3) is 0 Å². The van der Waals surface area contributed by atoms with E-state index in [0.717, 1.165) is 5.92 Å². The number of hydrogen-bond acceptors (Lipinski definition) is 0. The van der Waals surface area contributed by atoms with E-state index in [1.54, 1.807) is 0 Å². The van der Waals surface area contributed by atoms with E-state index in [0.29, 0.717) is 0 Å². The van der Waals surface area contributed by atoms with Crippen LogP contribution in [0.3, 0.4) is 0 Å². The second-order valence-electron chi connectivity index (χ2n) is 5.88. The molecule has 0 saturated carbocycles. The summed E-state index contributed by atoms with van der Waals surface area (Å²) in [6, 6.07) is 21.7. The van der Waals surface area contributed by atoms with Crippen LogP contribution in [0.2, 0.25) is 0 Å². The minimum atomic E-state index is 0. The van der Waals surface area contributed by atoms with Crippen LogP contribution in [-0.2, 0) is 12.8 Å². The van der Waals surface area contributed by atoms with Crippen LogP contribution < -0.4 is 0 Å². The van der Waals surface area contributed by atoms with Crippen molar-refractivity contribution in [1.29, 1.82) is 0 Å².